The summed E-state index contributed by atoms with van der Waals surface area (Å²) in [5.41, 5.74) is 0.741. The molecule has 1 fully saturated rings. The van der Waals surface area contributed by atoms with E-state index in [1.54, 1.807) is 6.07 Å². The molecule has 2 heterocycles. The maximum absolute atomic E-state index is 12.3. The number of amides is 1. The standard InChI is InChI=1S/C17H20ClN3O2/c1-3-12(4-2)21-10-11(9-15(21)22)17-19-16(20-23-17)13-7-5-6-8-14(13)18/h5-8,11-12H,3-4,9-10H2,1-2H3/t11-/m0/s1. The molecule has 0 aliphatic carbocycles. The van der Waals surface area contributed by atoms with Crippen LogP contribution in [0.25, 0.3) is 11.4 Å². The highest BCUT2D eigenvalue weighted by Crippen LogP contribution is 2.32. The predicted octanol–water partition coefficient (Wildman–Crippen LogP) is 3.89. The number of benzene rings is 1. The Morgan fingerprint density at radius 3 is 2.78 bits per heavy atom. The molecule has 0 unspecified atom stereocenters. The largest absolute Gasteiger partial charge is 0.339 e. The van der Waals surface area contributed by atoms with E-state index in [1.165, 1.54) is 0 Å². The van der Waals surface area contributed by atoms with E-state index < -0.39 is 0 Å². The number of carbonyl (C=O) groups is 1. The molecular weight excluding hydrogens is 314 g/mol. The van der Waals surface area contributed by atoms with Crippen molar-refractivity contribution in [1.82, 2.24) is 15.0 Å². The molecular formula is C17H20ClN3O2. The van der Waals surface area contributed by atoms with Gasteiger partial charge in [0.15, 0.2) is 0 Å². The monoisotopic (exact) mass is 333 g/mol. The van der Waals surface area contributed by atoms with Gasteiger partial charge in [-0.25, -0.2) is 0 Å². The zero-order valence-electron chi connectivity index (χ0n) is 13.3. The zero-order chi connectivity index (χ0) is 16.4. The lowest BCUT2D eigenvalue weighted by molar-refractivity contribution is -0.129. The number of rotatable bonds is 5. The van der Waals surface area contributed by atoms with Gasteiger partial charge in [0.25, 0.3) is 0 Å². The van der Waals surface area contributed by atoms with Crippen LogP contribution in [0.15, 0.2) is 28.8 Å². The summed E-state index contributed by atoms with van der Waals surface area (Å²) >= 11 is 6.17. The van der Waals surface area contributed by atoms with E-state index in [2.05, 4.69) is 24.0 Å². The number of hydrogen-bond acceptors (Lipinski definition) is 4. The Morgan fingerprint density at radius 1 is 1.35 bits per heavy atom. The molecule has 0 radical (unpaired) electrons. The summed E-state index contributed by atoms with van der Waals surface area (Å²) in [6.07, 6.45) is 2.36. The average molecular weight is 334 g/mol. The van der Waals surface area contributed by atoms with Gasteiger partial charge in [0, 0.05) is 24.6 Å². The maximum atomic E-state index is 12.3. The maximum Gasteiger partial charge on any atom is 0.232 e. The fourth-order valence-electron chi connectivity index (χ4n) is 3.13. The topological polar surface area (TPSA) is 59.2 Å². The highest BCUT2D eigenvalue weighted by molar-refractivity contribution is 6.33. The van der Waals surface area contributed by atoms with E-state index in [0.29, 0.717) is 35.7 Å². The van der Waals surface area contributed by atoms with E-state index in [0.717, 1.165) is 18.4 Å². The number of hydrogen-bond donors (Lipinski definition) is 0. The van der Waals surface area contributed by atoms with Crippen LogP contribution in [0.1, 0.15) is 44.9 Å². The van der Waals surface area contributed by atoms with Gasteiger partial charge in [-0.2, -0.15) is 4.98 Å². The first-order valence-electron chi connectivity index (χ1n) is 8.02. The first kappa shape index (κ1) is 16.0. The summed E-state index contributed by atoms with van der Waals surface area (Å²) in [4.78, 5) is 18.7. The summed E-state index contributed by atoms with van der Waals surface area (Å²) in [5.74, 6) is 1.12. The molecule has 5 nitrogen and oxygen atoms in total. The predicted molar refractivity (Wildman–Crippen MR) is 88.2 cm³/mol. The normalized spacial score (nSPS) is 18.2. The van der Waals surface area contributed by atoms with Crippen molar-refractivity contribution in [1.29, 1.82) is 0 Å². The van der Waals surface area contributed by atoms with Gasteiger partial charge < -0.3 is 9.42 Å². The summed E-state index contributed by atoms with van der Waals surface area (Å²) in [6, 6.07) is 7.67. The Bertz CT molecular complexity index is 697. The minimum absolute atomic E-state index is 0.0353. The average Bonchev–Trinajstić information content (AvgIpc) is 3.17. The van der Waals surface area contributed by atoms with Gasteiger partial charge in [-0.05, 0) is 25.0 Å². The molecule has 23 heavy (non-hydrogen) atoms. The molecule has 0 spiro atoms. The fraction of sp³-hybridized carbons (Fsp3) is 0.471. The molecule has 1 aliphatic rings. The second-order valence-electron chi connectivity index (χ2n) is 5.85. The first-order chi connectivity index (χ1) is 11.1. The van der Waals surface area contributed by atoms with Crippen molar-refractivity contribution in [2.45, 2.75) is 45.1 Å². The van der Waals surface area contributed by atoms with Crippen molar-refractivity contribution in [3.05, 3.63) is 35.2 Å². The Labute approximate surface area is 140 Å². The van der Waals surface area contributed by atoms with Crippen LogP contribution in [0.5, 0.6) is 0 Å². The van der Waals surface area contributed by atoms with E-state index in [9.17, 15) is 4.79 Å². The lowest BCUT2D eigenvalue weighted by Gasteiger charge is -2.25. The van der Waals surface area contributed by atoms with Crippen molar-refractivity contribution >= 4 is 17.5 Å². The molecule has 0 N–H and O–H groups in total. The van der Waals surface area contributed by atoms with Crippen molar-refractivity contribution in [2.75, 3.05) is 6.54 Å². The number of halogens is 1. The van der Waals surface area contributed by atoms with Gasteiger partial charge in [-0.3, -0.25) is 4.79 Å². The van der Waals surface area contributed by atoms with Crippen LogP contribution >= 0.6 is 11.6 Å². The second-order valence-corrected chi connectivity index (χ2v) is 6.26. The third kappa shape index (κ3) is 3.11. The molecule has 3 rings (SSSR count). The minimum Gasteiger partial charge on any atom is -0.339 e. The Morgan fingerprint density at radius 2 is 2.09 bits per heavy atom. The van der Waals surface area contributed by atoms with Crippen LogP contribution in [-0.2, 0) is 4.79 Å². The second kappa shape index (κ2) is 6.71. The third-order valence-electron chi connectivity index (χ3n) is 4.45. The Balaban J connectivity index is 1.79. The van der Waals surface area contributed by atoms with Crippen LogP contribution in [-0.4, -0.2) is 33.5 Å². The van der Waals surface area contributed by atoms with Crippen LogP contribution in [0.4, 0.5) is 0 Å². The van der Waals surface area contributed by atoms with Gasteiger partial charge in [0.2, 0.25) is 17.6 Å². The van der Waals surface area contributed by atoms with E-state index in [1.807, 2.05) is 23.1 Å². The SMILES string of the molecule is CCC(CC)N1C[C@@H](c2nc(-c3ccccc3Cl)no2)CC1=O. The summed E-state index contributed by atoms with van der Waals surface area (Å²) in [7, 11) is 0. The van der Waals surface area contributed by atoms with Crippen LogP contribution < -0.4 is 0 Å². The van der Waals surface area contributed by atoms with E-state index >= 15 is 0 Å². The van der Waals surface area contributed by atoms with Crippen LogP contribution in [0.2, 0.25) is 5.02 Å². The molecule has 122 valence electrons. The quantitative estimate of drug-likeness (QED) is 0.832. The first-order valence-corrected chi connectivity index (χ1v) is 8.39. The van der Waals surface area contributed by atoms with Gasteiger partial charge in [-0.15, -0.1) is 0 Å². The fourth-order valence-corrected chi connectivity index (χ4v) is 3.35. The lowest BCUT2D eigenvalue weighted by atomic mass is 10.1. The lowest BCUT2D eigenvalue weighted by Crippen LogP contribution is -2.35. The van der Waals surface area contributed by atoms with Gasteiger partial charge in [-0.1, -0.05) is 42.7 Å². The zero-order valence-corrected chi connectivity index (χ0v) is 14.1. The molecule has 1 atom stereocenters. The smallest absolute Gasteiger partial charge is 0.232 e. The highest BCUT2D eigenvalue weighted by atomic mass is 35.5. The molecule has 1 aromatic carbocycles. The third-order valence-corrected chi connectivity index (χ3v) is 4.78. The summed E-state index contributed by atoms with van der Waals surface area (Å²) < 4.78 is 5.40. The van der Waals surface area contributed by atoms with Crippen molar-refractivity contribution in [2.24, 2.45) is 0 Å². The number of carbonyl (C=O) groups excluding carboxylic acids is 1. The summed E-state index contributed by atoms with van der Waals surface area (Å²) in [5, 5.41) is 4.61. The number of nitrogens with zero attached hydrogens (tertiary/aromatic N) is 3. The number of aromatic nitrogens is 2. The van der Waals surface area contributed by atoms with Gasteiger partial charge in [0.05, 0.1) is 10.9 Å². The van der Waals surface area contributed by atoms with E-state index in [4.69, 9.17) is 16.1 Å². The minimum atomic E-state index is -0.0353. The van der Waals surface area contributed by atoms with Crippen LogP contribution in [0, 0.1) is 0 Å². The molecule has 6 heteroatoms. The van der Waals surface area contributed by atoms with Gasteiger partial charge in [0.1, 0.15) is 0 Å². The molecule has 1 amide bonds. The Hall–Kier alpha value is -1.88. The molecule has 2 aromatic rings. The molecule has 0 bridgehead atoms. The molecule has 1 aliphatic heterocycles. The highest BCUT2D eigenvalue weighted by Gasteiger charge is 2.36. The van der Waals surface area contributed by atoms with Crippen molar-refractivity contribution in [3.8, 4) is 11.4 Å². The van der Waals surface area contributed by atoms with Crippen LogP contribution in [0.3, 0.4) is 0 Å². The summed E-state index contributed by atoms with van der Waals surface area (Å²) in [6.45, 7) is 4.86. The number of likely N-dealkylation sites (tertiary alicyclic amines) is 1. The Kier molecular flexibility index (Phi) is 4.66. The molecule has 0 saturated carbocycles. The van der Waals surface area contributed by atoms with Crippen molar-refractivity contribution in [3.63, 3.8) is 0 Å². The van der Waals surface area contributed by atoms with Gasteiger partial charge >= 0.3 is 0 Å². The molecule has 1 aromatic heterocycles. The van der Waals surface area contributed by atoms with Crippen molar-refractivity contribution < 1.29 is 9.32 Å². The molecule has 1 saturated heterocycles. The van der Waals surface area contributed by atoms with E-state index in [-0.39, 0.29) is 11.8 Å².